The van der Waals surface area contributed by atoms with Crippen molar-refractivity contribution in [3.63, 3.8) is 0 Å². The highest BCUT2D eigenvalue weighted by Crippen LogP contribution is 2.32. The molecule has 2 nitrogen and oxygen atoms in total. The lowest BCUT2D eigenvalue weighted by Crippen LogP contribution is -2.47. The summed E-state index contributed by atoms with van der Waals surface area (Å²) < 4.78 is 0. The predicted octanol–water partition coefficient (Wildman–Crippen LogP) is 3.96. The number of rotatable bonds is 4. The van der Waals surface area contributed by atoms with Crippen LogP contribution in [-0.2, 0) is 0 Å². The molecule has 0 amide bonds. The molecule has 2 N–H and O–H groups in total. The first kappa shape index (κ1) is 15.1. The van der Waals surface area contributed by atoms with Crippen LogP contribution >= 0.6 is 0 Å². The van der Waals surface area contributed by atoms with Crippen molar-refractivity contribution >= 4 is 0 Å². The van der Waals surface area contributed by atoms with Gasteiger partial charge < -0.3 is 10.6 Å². The molecule has 2 aliphatic rings. The second-order valence-electron chi connectivity index (χ2n) is 7.00. The molecule has 3 unspecified atom stereocenters. The summed E-state index contributed by atoms with van der Waals surface area (Å²) in [5.41, 5.74) is 2.87. The molecule has 1 aliphatic carbocycles. The van der Waals surface area contributed by atoms with Gasteiger partial charge in [0.25, 0.3) is 0 Å². The molecule has 4 atom stereocenters. The van der Waals surface area contributed by atoms with Crippen LogP contribution in [-0.4, -0.2) is 18.6 Å². The summed E-state index contributed by atoms with van der Waals surface area (Å²) in [7, 11) is 0. The lowest BCUT2D eigenvalue weighted by Gasteiger charge is -2.38. The summed E-state index contributed by atoms with van der Waals surface area (Å²) in [4.78, 5) is 0. The van der Waals surface area contributed by atoms with Crippen LogP contribution < -0.4 is 10.6 Å². The smallest absolute Gasteiger partial charge is 0.0297 e. The van der Waals surface area contributed by atoms with E-state index in [-0.39, 0.29) is 0 Å². The zero-order valence-corrected chi connectivity index (χ0v) is 13.6. The lowest BCUT2D eigenvalue weighted by molar-refractivity contribution is 0.203. The highest BCUT2D eigenvalue weighted by molar-refractivity contribution is 5.28. The van der Waals surface area contributed by atoms with E-state index in [1.54, 1.807) is 0 Å². The molecule has 0 aromatic heterocycles. The third-order valence-corrected chi connectivity index (χ3v) is 5.55. The number of nitrogens with one attached hydrogen (secondary N) is 2. The molecule has 116 valence electrons. The zero-order valence-electron chi connectivity index (χ0n) is 13.6. The van der Waals surface area contributed by atoms with Gasteiger partial charge in [0.15, 0.2) is 0 Å². The van der Waals surface area contributed by atoms with Gasteiger partial charge in [-0.1, -0.05) is 37.1 Å². The van der Waals surface area contributed by atoms with Crippen LogP contribution in [0.2, 0.25) is 0 Å². The SMILES string of the molecule is Cc1ccccc1[C@@H](C)NC1CCCCC1C1CCCN1. The molecule has 1 aliphatic heterocycles. The van der Waals surface area contributed by atoms with Crippen molar-refractivity contribution in [2.24, 2.45) is 5.92 Å². The van der Waals surface area contributed by atoms with Gasteiger partial charge in [-0.05, 0) is 63.1 Å². The topological polar surface area (TPSA) is 24.1 Å². The first-order valence-electron chi connectivity index (χ1n) is 8.80. The van der Waals surface area contributed by atoms with Gasteiger partial charge in [-0.15, -0.1) is 0 Å². The van der Waals surface area contributed by atoms with E-state index in [0.717, 1.165) is 12.0 Å². The Morgan fingerprint density at radius 2 is 1.90 bits per heavy atom. The molecule has 1 aromatic carbocycles. The van der Waals surface area contributed by atoms with Gasteiger partial charge >= 0.3 is 0 Å². The number of hydrogen-bond acceptors (Lipinski definition) is 2. The van der Waals surface area contributed by atoms with Crippen LogP contribution in [0.1, 0.15) is 62.6 Å². The van der Waals surface area contributed by atoms with Crippen molar-refractivity contribution in [2.75, 3.05) is 6.54 Å². The Balaban J connectivity index is 1.68. The molecule has 1 aromatic rings. The second kappa shape index (κ2) is 6.93. The maximum atomic E-state index is 3.96. The van der Waals surface area contributed by atoms with Crippen LogP contribution in [0, 0.1) is 12.8 Å². The summed E-state index contributed by atoms with van der Waals surface area (Å²) in [5.74, 6) is 0.827. The maximum absolute atomic E-state index is 3.96. The van der Waals surface area contributed by atoms with E-state index >= 15 is 0 Å². The average molecular weight is 286 g/mol. The van der Waals surface area contributed by atoms with Gasteiger partial charge in [-0.25, -0.2) is 0 Å². The van der Waals surface area contributed by atoms with E-state index in [1.165, 1.54) is 56.2 Å². The predicted molar refractivity (Wildman–Crippen MR) is 89.5 cm³/mol. The highest BCUT2D eigenvalue weighted by atomic mass is 15.0. The van der Waals surface area contributed by atoms with Crippen molar-refractivity contribution in [1.29, 1.82) is 0 Å². The van der Waals surface area contributed by atoms with Crippen molar-refractivity contribution in [3.8, 4) is 0 Å². The second-order valence-corrected chi connectivity index (χ2v) is 7.00. The fraction of sp³-hybridized carbons (Fsp3) is 0.684. The summed E-state index contributed by atoms with van der Waals surface area (Å²) in [6, 6.07) is 10.7. The Labute approximate surface area is 129 Å². The van der Waals surface area contributed by atoms with Crippen LogP contribution in [0.15, 0.2) is 24.3 Å². The number of aryl methyl sites for hydroxylation is 1. The maximum Gasteiger partial charge on any atom is 0.0297 e. The van der Waals surface area contributed by atoms with Gasteiger partial charge in [0.2, 0.25) is 0 Å². The summed E-state index contributed by atoms with van der Waals surface area (Å²) in [6.07, 6.45) is 8.29. The fourth-order valence-corrected chi connectivity index (χ4v) is 4.41. The zero-order chi connectivity index (χ0) is 14.7. The standard InChI is InChI=1S/C19H30N2/c1-14-8-3-4-9-16(14)15(2)21-19-11-6-5-10-17(19)18-12-7-13-20-18/h3-4,8-9,15,17-21H,5-7,10-13H2,1-2H3/t15-,17?,18?,19?/m1/s1. The molecule has 0 spiro atoms. The van der Waals surface area contributed by atoms with Crippen molar-refractivity contribution in [3.05, 3.63) is 35.4 Å². The molecule has 0 bridgehead atoms. The molecule has 1 saturated carbocycles. The largest absolute Gasteiger partial charge is 0.314 e. The fourth-order valence-electron chi connectivity index (χ4n) is 4.41. The molecule has 21 heavy (non-hydrogen) atoms. The third-order valence-electron chi connectivity index (χ3n) is 5.55. The lowest BCUT2D eigenvalue weighted by atomic mass is 9.78. The van der Waals surface area contributed by atoms with Gasteiger partial charge in [-0.2, -0.15) is 0 Å². The van der Waals surface area contributed by atoms with Crippen LogP contribution in [0.5, 0.6) is 0 Å². The first-order valence-corrected chi connectivity index (χ1v) is 8.80. The normalized spacial score (nSPS) is 31.2. The molecule has 0 radical (unpaired) electrons. The Morgan fingerprint density at radius 3 is 2.67 bits per heavy atom. The van der Waals surface area contributed by atoms with Crippen LogP contribution in [0.4, 0.5) is 0 Å². The molecule has 3 rings (SSSR count). The molecule has 2 heteroatoms. The minimum atomic E-state index is 0.457. The molecule has 1 saturated heterocycles. The van der Waals surface area contributed by atoms with Crippen molar-refractivity contribution in [2.45, 2.75) is 70.5 Å². The Morgan fingerprint density at radius 1 is 1.10 bits per heavy atom. The summed E-state index contributed by atoms with van der Waals surface area (Å²) in [5, 5.41) is 7.70. The first-order chi connectivity index (χ1) is 10.3. The van der Waals surface area contributed by atoms with Gasteiger partial charge in [0.1, 0.15) is 0 Å². The quantitative estimate of drug-likeness (QED) is 0.875. The number of benzene rings is 1. The van der Waals surface area contributed by atoms with E-state index in [4.69, 9.17) is 0 Å². The minimum absolute atomic E-state index is 0.457. The van der Waals surface area contributed by atoms with E-state index in [1.807, 2.05) is 0 Å². The van der Waals surface area contributed by atoms with Crippen LogP contribution in [0.25, 0.3) is 0 Å². The molecule has 1 heterocycles. The van der Waals surface area contributed by atoms with Crippen molar-refractivity contribution in [1.82, 2.24) is 10.6 Å². The Bertz CT molecular complexity index is 451. The van der Waals surface area contributed by atoms with E-state index in [2.05, 4.69) is 48.7 Å². The Kier molecular flexibility index (Phi) is 4.97. The van der Waals surface area contributed by atoms with Crippen LogP contribution in [0.3, 0.4) is 0 Å². The summed E-state index contributed by atoms with van der Waals surface area (Å²) >= 11 is 0. The average Bonchev–Trinajstić information content (AvgIpc) is 3.02. The molecular formula is C19H30N2. The van der Waals surface area contributed by atoms with Gasteiger partial charge in [0.05, 0.1) is 0 Å². The van der Waals surface area contributed by atoms with E-state index in [0.29, 0.717) is 12.1 Å². The van der Waals surface area contributed by atoms with E-state index < -0.39 is 0 Å². The van der Waals surface area contributed by atoms with Gasteiger partial charge in [0, 0.05) is 18.1 Å². The minimum Gasteiger partial charge on any atom is -0.314 e. The molecule has 2 fully saturated rings. The Hall–Kier alpha value is -0.860. The van der Waals surface area contributed by atoms with E-state index in [9.17, 15) is 0 Å². The summed E-state index contributed by atoms with van der Waals surface area (Å²) in [6.45, 7) is 5.78. The molecular weight excluding hydrogens is 256 g/mol. The monoisotopic (exact) mass is 286 g/mol. The number of hydrogen-bond donors (Lipinski definition) is 2. The third kappa shape index (κ3) is 3.49. The van der Waals surface area contributed by atoms with Gasteiger partial charge in [-0.3, -0.25) is 0 Å². The highest BCUT2D eigenvalue weighted by Gasteiger charge is 2.33. The van der Waals surface area contributed by atoms with Crippen molar-refractivity contribution < 1.29 is 0 Å².